The third-order valence-corrected chi connectivity index (χ3v) is 12.6. The standard InChI is InChI=1S/C38H63O6PS2/c1-5-7-9-11-13-15-23-29-37(3,42-33-31-40-35-25-19-17-20-26-35)44-45(39,46)47-38(4,30-24-16-14-12-10-8-6-2)43-34-32-41-36-27-21-18-22-28-36/h17-22,25-28H,5-16,23-24,29-34H2,1-4H3,(H,39,46). The minimum absolute atomic E-state index is 0.324. The summed E-state index contributed by atoms with van der Waals surface area (Å²) in [6.07, 6.45) is 18.1. The minimum Gasteiger partial charge on any atom is -0.491 e. The Kier molecular flexibility index (Phi) is 22.3. The van der Waals surface area contributed by atoms with Crippen LogP contribution in [0.15, 0.2) is 60.7 Å². The van der Waals surface area contributed by atoms with Crippen LogP contribution in [0.5, 0.6) is 11.5 Å². The number of hydrogen-bond donors (Lipinski definition) is 1. The van der Waals surface area contributed by atoms with Crippen LogP contribution < -0.4 is 9.47 Å². The summed E-state index contributed by atoms with van der Waals surface area (Å²) in [7, 11) is 0. The second-order valence-electron chi connectivity index (χ2n) is 12.7. The van der Waals surface area contributed by atoms with Crippen molar-refractivity contribution in [3.05, 3.63) is 60.7 Å². The molecule has 268 valence electrons. The third kappa shape index (κ3) is 20.9. The van der Waals surface area contributed by atoms with Gasteiger partial charge in [-0.1, -0.05) is 127 Å². The number of ether oxygens (including phenoxy) is 4. The van der Waals surface area contributed by atoms with Crippen molar-refractivity contribution in [1.82, 2.24) is 0 Å². The van der Waals surface area contributed by atoms with Gasteiger partial charge in [0.2, 0.25) is 5.69 Å². The number of para-hydroxylation sites is 2. The largest absolute Gasteiger partial charge is 0.491 e. The molecule has 3 unspecified atom stereocenters. The van der Waals surface area contributed by atoms with Gasteiger partial charge >= 0.3 is 0 Å². The molecule has 0 amide bonds. The van der Waals surface area contributed by atoms with Crippen LogP contribution in [0.4, 0.5) is 0 Å². The Labute approximate surface area is 296 Å². The molecule has 3 atom stereocenters. The molecule has 1 N–H and O–H groups in total. The predicted octanol–water partition coefficient (Wildman–Crippen LogP) is 11.9. The van der Waals surface area contributed by atoms with Gasteiger partial charge in [-0.2, -0.15) is 0 Å². The lowest BCUT2D eigenvalue weighted by Crippen LogP contribution is -2.34. The van der Waals surface area contributed by atoms with E-state index in [0.29, 0.717) is 32.8 Å². The molecule has 0 saturated heterocycles. The molecule has 0 radical (unpaired) electrons. The van der Waals surface area contributed by atoms with Crippen molar-refractivity contribution in [1.29, 1.82) is 0 Å². The van der Waals surface area contributed by atoms with Crippen molar-refractivity contribution in [2.75, 3.05) is 26.4 Å². The first-order valence-electron chi connectivity index (χ1n) is 18.1. The molecule has 0 aliphatic rings. The molecule has 2 aromatic rings. The van der Waals surface area contributed by atoms with Crippen LogP contribution in [0.3, 0.4) is 0 Å². The maximum absolute atomic E-state index is 11.7. The number of benzene rings is 2. The monoisotopic (exact) mass is 710 g/mol. The molecule has 47 heavy (non-hydrogen) atoms. The van der Waals surface area contributed by atoms with Gasteiger partial charge in [0.15, 0.2) is 5.79 Å². The Morgan fingerprint density at radius 2 is 1.02 bits per heavy atom. The number of hydrogen-bond acceptors (Lipinski definition) is 7. The molecule has 2 aromatic carbocycles. The molecule has 6 nitrogen and oxygen atoms in total. The summed E-state index contributed by atoms with van der Waals surface area (Å²) in [6, 6.07) is 19.5. The van der Waals surface area contributed by atoms with Gasteiger partial charge in [0.05, 0.1) is 13.2 Å². The van der Waals surface area contributed by atoms with Crippen LogP contribution in [-0.4, -0.2) is 42.0 Å². The van der Waals surface area contributed by atoms with E-state index >= 15 is 0 Å². The average Bonchev–Trinajstić information content (AvgIpc) is 3.05. The minimum atomic E-state index is -3.37. The van der Waals surface area contributed by atoms with Crippen LogP contribution >= 0.6 is 17.1 Å². The summed E-state index contributed by atoms with van der Waals surface area (Å²) in [5, 5.41) is 0. The molecule has 0 bridgehead atoms. The van der Waals surface area contributed by atoms with E-state index in [-0.39, 0.29) is 0 Å². The molecule has 0 saturated carbocycles. The van der Waals surface area contributed by atoms with E-state index in [1.807, 2.05) is 74.5 Å². The smallest absolute Gasteiger partial charge is 0.250 e. The van der Waals surface area contributed by atoms with Gasteiger partial charge in [-0.15, -0.1) is 0 Å². The van der Waals surface area contributed by atoms with Crippen molar-refractivity contribution < 1.29 is 28.4 Å². The van der Waals surface area contributed by atoms with Crippen LogP contribution in [0.2, 0.25) is 0 Å². The lowest BCUT2D eigenvalue weighted by atomic mass is 10.1. The molecule has 2 rings (SSSR count). The highest BCUT2D eigenvalue weighted by atomic mass is 32.9. The van der Waals surface area contributed by atoms with Crippen molar-refractivity contribution in [2.45, 2.75) is 141 Å². The van der Waals surface area contributed by atoms with Gasteiger partial charge in [-0.3, -0.25) is 4.52 Å². The first-order valence-corrected chi connectivity index (χ1v) is 22.2. The zero-order chi connectivity index (χ0) is 34.1. The van der Waals surface area contributed by atoms with Crippen molar-refractivity contribution >= 4 is 28.9 Å². The average molecular weight is 711 g/mol. The lowest BCUT2D eigenvalue weighted by Gasteiger charge is -2.37. The maximum atomic E-state index is 11.7. The molecular weight excluding hydrogens is 648 g/mol. The van der Waals surface area contributed by atoms with Gasteiger partial charge in [0.1, 0.15) is 29.6 Å². The van der Waals surface area contributed by atoms with E-state index < -0.39 is 16.4 Å². The van der Waals surface area contributed by atoms with E-state index in [4.69, 9.17) is 35.3 Å². The molecule has 9 heteroatoms. The summed E-state index contributed by atoms with van der Waals surface area (Å²) < 4.78 is 30.9. The fourth-order valence-electron chi connectivity index (χ4n) is 5.47. The molecule has 0 fully saturated rings. The maximum Gasteiger partial charge on any atom is 0.250 e. The van der Waals surface area contributed by atoms with E-state index in [1.54, 1.807) is 0 Å². The Bertz CT molecular complexity index is 997. The molecule has 0 aliphatic carbocycles. The zero-order valence-electron chi connectivity index (χ0n) is 29.7. The van der Waals surface area contributed by atoms with E-state index in [2.05, 4.69) is 13.8 Å². The van der Waals surface area contributed by atoms with Crippen molar-refractivity contribution in [3.63, 3.8) is 0 Å². The summed E-state index contributed by atoms with van der Waals surface area (Å²) in [5.41, 5.74) is -3.37. The Hall–Kier alpha value is -1.12. The van der Waals surface area contributed by atoms with Gasteiger partial charge in [0.25, 0.3) is 0 Å². The van der Waals surface area contributed by atoms with E-state index in [9.17, 15) is 4.89 Å². The fraction of sp³-hybridized carbons (Fsp3) is 0.684. The van der Waals surface area contributed by atoms with Crippen LogP contribution in [0.1, 0.15) is 130 Å². The SMILES string of the molecule is CCCCCCCCCC(C)(OCCOc1ccccc1)OP(O)(=S)SC(C)(CCCCCCCCC)OCCOc1ccccc1. The fourth-order valence-corrected chi connectivity index (χ4v) is 11.4. The first kappa shape index (κ1) is 42.0. The normalized spacial score (nSPS) is 15.4. The number of unbranched alkanes of at least 4 members (excludes halogenated alkanes) is 12. The Morgan fingerprint density at radius 1 is 0.596 bits per heavy atom. The highest BCUT2D eigenvalue weighted by Crippen LogP contribution is 2.65. The lowest BCUT2D eigenvalue weighted by molar-refractivity contribution is -0.177. The topological polar surface area (TPSA) is 66.4 Å². The molecule has 0 aliphatic heterocycles. The van der Waals surface area contributed by atoms with Gasteiger partial charge in [-0.05, 0) is 80.6 Å². The second kappa shape index (κ2) is 24.9. The highest BCUT2D eigenvalue weighted by Gasteiger charge is 2.39. The molecular formula is C38H63O6PS2. The van der Waals surface area contributed by atoms with Crippen LogP contribution in [0.25, 0.3) is 0 Å². The van der Waals surface area contributed by atoms with Crippen molar-refractivity contribution in [2.24, 2.45) is 0 Å². The summed E-state index contributed by atoms with van der Waals surface area (Å²) >= 11 is 7.09. The van der Waals surface area contributed by atoms with Crippen molar-refractivity contribution in [3.8, 4) is 11.5 Å². The second-order valence-corrected chi connectivity index (χ2v) is 19.1. The van der Waals surface area contributed by atoms with Gasteiger partial charge < -0.3 is 23.8 Å². The zero-order valence-corrected chi connectivity index (χ0v) is 32.2. The Morgan fingerprint density at radius 3 is 1.51 bits per heavy atom. The predicted molar refractivity (Wildman–Crippen MR) is 203 cm³/mol. The van der Waals surface area contributed by atoms with Crippen LogP contribution in [0, 0.1) is 0 Å². The first-order chi connectivity index (χ1) is 22.7. The van der Waals surface area contributed by atoms with E-state index in [0.717, 1.165) is 43.6 Å². The summed E-state index contributed by atoms with van der Waals surface area (Å²) in [6.45, 7) is 9.91. The molecule has 0 spiro atoms. The van der Waals surface area contributed by atoms with Gasteiger partial charge in [-0.25, -0.2) is 0 Å². The summed E-state index contributed by atoms with van der Waals surface area (Å²) in [5.74, 6) is 0.572. The van der Waals surface area contributed by atoms with Gasteiger partial charge in [0, 0.05) is 6.42 Å². The van der Waals surface area contributed by atoms with Crippen LogP contribution in [-0.2, 0) is 25.8 Å². The molecule has 0 heterocycles. The quantitative estimate of drug-likeness (QED) is 0.0488. The molecule has 0 aromatic heterocycles. The Balaban J connectivity index is 2.02. The van der Waals surface area contributed by atoms with E-state index in [1.165, 1.54) is 75.6 Å². The summed E-state index contributed by atoms with van der Waals surface area (Å²) in [4.78, 5) is 11.0. The third-order valence-electron chi connectivity index (χ3n) is 8.09. The number of rotatable bonds is 30. The highest BCUT2D eigenvalue weighted by molar-refractivity contribution is 8.68.